The first-order valence-electron chi connectivity index (χ1n) is 8.92. The van der Waals surface area contributed by atoms with Gasteiger partial charge in [0.15, 0.2) is 12.6 Å². The van der Waals surface area contributed by atoms with E-state index in [-0.39, 0.29) is 13.2 Å². The normalized spacial score (nSPS) is 33.6. The summed E-state index contributed by atoms with van der Waals surface area (Å²) in [6.45, 7) is 0.105. The lowest BCUT2D eigenvalue weighted by atomic mass is 10.0. The topological polar surface area (TPSA) is 77.4 Å². The maximum absolute atomic E-state index is 10.6. The second kappa shape index (κ2) is 8.65. The maximum atomic E-state index is 10.6. The van der Waals surface area contributed by atoms with Crippen LogP contribution in [-0.2, 0) is 18.9 Å². The molecule has 2 aliphatic rings. The number of hydrogen-bond acceptors (Lipinski definition) is 6. The number of aliphatic hydroxyl groups is 2. The van der Waals surface area contributed by atoms with E-state index in [1.54, 1.807) is 36.4 Å². The van der Waals surface area contributed by atoms with Crippen LogP contribution in [0.15, 0.2) is 48.5 Å². The van der Waals surface area contributed by atoms with Crippen LogP contribution in [0.2, 0.25) is 10.0 Å². The number of benzene rings is 2. The van der Waals surface area contributed by atoms with E-state index in [2.05, 4.69) is 0 Å². The minimum Gasteiger partial charge on any atom is -0.388 e. The standard InChI is InChI=1S/C20H20Cl2O6/c21-13-5-1-3-11(7-13)19-26-10-16(27-19)18-17(24)15(23)9-25-20(28-18)12-4-2-6-14(22)8-12/h1-8,15-20,23-24H,9-10H2/t15-,16+,17-,18-,19?,20?/m0/s1. The van der Waals surface area contributed by atoms with Crippen molar-refractivity contribution >= 4 is 23.2 Å². The molecule has 0 radical (unpaired) electrons. The lowest BCUT2D eigenvalue weighted by Gasteiger charge is -2.28. The van der Waals surface area contributed by atoms with Gasteiger partial charge in [0.25, 0.3) is 0 Å². The quantitative estimate of drug-likeness (QED) is 0.784. The number of aliphatic hydroxyl groups excluding tert-OH is 2. The van der Waals surface area contributed by atoms with Crippen LogP contribution in [0.4, 0.5) is 0 Å². The zero-order chi connectivity index (χ0) is 19.7. The summed E-state index contributed by atoms with van der Waals surface area (Å²) in [5, 5.41) is 21.9. The first kappa shape index (κ1) is 20.1. The maximum Gasteiger partial charge on any atom is 0.184 e. The predicted molar refractivity (Wildman–Crippen MR) is 102 cm³/mol. The fourth-order valence-corrected chi connectivity index (χ4v) is 3.72. The van der Waals surface area contributed by atoms with E-state index >= 15 is 0 Å². The monoisotopic (exact) mass is 426 g/mol. The Kier molecular flexibility index (Phi) is 6.20. The van der Waals surface area contributed by atoms with Gasteiger partial charge in [0, 0.05) is 21.2 Å². The average Bonchev–Trinajstić information content (AvgIpc) is 3.12. The van der Waals surface area contributed by atoms with E-state index < -0.39 is 37.0 Å². The van der Waals surface area contributed by atoms with Crippen LogP contribution in [0.3, 0.4) is 0 Å². The van der Waals surface area contributed by atoms with Crippen LogP contribution in [0.25, 0.3) is 0 Å². The Bertz CT molecular complexity index is 819. The first-order chi connectivity index (χ1) is 13.5. The van der Waals surface area contributed by atoms with Gasteiger partial charge in [-0.25, -0.2) is 0 Å². The van der Waals surface area contributed by atoms with Gasteiger partial charge in [-0.3, -0.25) is 0 Å². The summed E-state index contributed by atoms with van der Waals surface area (Å²) < 4.78 is 23.3. The molecule has 0 spiro atoms. The van der Waals surface area contributed by atoms with Gasteiger partial charge in [-0.1, -0.05) is 47.5 Å². The molecule has 0 amide bonds. The Balaban J connectivity index is 1.53. The molecule has 0 saturated carbocycles. The van der Waals surface area contributed by atoms with Crippen LogP contribution >= 0.6 is 23.2 Å². The Hall–Kier alpha value is -1.22. The largest absolute Gasteiger partial charge is 0.388 e. The van der Waals surface area contributed by atoms with Crippen molar-refractivity contribution in [2.24, 2.45) is 0 Å². The van der Waals surface area contributed by atoms with Gasteiger partial charge in [-0.05, 0) is 24.3 Å². The third-order valence-electron chi connectivity index (χ3n) is 4.75. The molecule has 0 bridgehead atoms. The molecule has 0 aliphatic carbocycles. The Labute approximate surface area is 172 Å². The average molecular weight is 427 g/mol. The second-order valence-electron chi connectivity index (χ2n) is 6.77. The number of rotatable bonds is 3. The highest BCUT2D eigenvalue weighted by molar-refractivity contribution is 6.30. The molecular formula is C20H20Cl2O6. The highest BCUT2D eigenvalue weighted by Gasteiger charge is 2.44. The number of halogens is 2. The second-order valence-corrected chi connectivity index (χ2v) is 7.65. The molecule has 8 heteroatoms. The molecule has 2 unspecified atom stereocenters. The van der Waals surface area contributed by atoms with Gasteiger partial charge < -0.3 is 29.2 Å². The van der Waals surface area contributed by atoms with Crippen molar-refractivity contribution in [3.63, 3.8) is 0 Å². The van der Waals surface area contributed by atoms with Gasteiger partial charge in [0.05, 0.1) is 13.2 Å². The van der Waals surface area contributed by atoms with Crippen molar-refractivity contribution in [1.82, 2.24) is 0 Å². The third kappa shape index (κ3) is 4.35. The van der Waals surface area contributed by atoms with E-state index in [1.165, 1.54) is 0 Å². The van der Waals surface area contributed by atoms with Gasteiger partial charge in [-0.2, -0.15) is 0 Å². The molecule has 2 N–H and O–H groups in total. The lowest BCUT2D eigenvalue weighted by Crippen LogP contribution is -2.46. The summed E-state index contributed by atoms with van der Waals surface area (Å²) >= 11 is 12.1. The zero-order valence-corrected chi connectivity index (χ0v) is 16.3. The molecule has 0 aromatic heterocycles. The molecular weight excluding hydrogens is 407 g/mol. The Morgan fingerprint density at radius 2 is 1.36 bits per heavy atom. The van der Waals surface area contributed by atoms with E-state index in [0.717, 1.165) is 5.56 Å². The minimum absolute atomic E-state index is 0.0832. The molecule has 2 aromatic rings. The van der Waals surface area contributed by atoms with Gasteiger partial charge in [0.1, 0.15) is 24.4 Å². The summed E-state index contributed by atoms with van der Waals surface area (Å²) in [6, 6.07) is 14.2. The fraction of sp³-hybridized carbons (Fsp3) is 0.400. The minimum atomic E-state index is -1.20. The molecule has 2 aliphatic heterocycles. The molecule has 6 atom stereocenters. The van der Waals surface area contributed by atoms with Crippen molar-refractivity contribution < 1.29 is 29.2 Å². The van der Waals surface area contributed by atoms with Crippen molar-refractivity contribution in [3.8, 4) is 0 Å². The highest BCUT2D eigenvalue weighted by atomic mass is 35.5. The summed E-state index contributed by atoms with van der Waals surface area (Å²) in [5.41, 5.74) is 1.45. The molecule has 2 fully saturated rings. The molecule has 2 heterocycles. The smallest absolute Gasteiger partial charge is 0.184 e. The summed E-state index contributed by atoms with van der Waals surface area (Å²) in [6.07, 6.45) is -5.21. The fourth-order valence-electron chi connectivity index (χ4n) is 3.32. The van der Waals surface area contributed by atoms with Crippen molar-refractivity contribution in [3.05, 3.63) is 69.7 Å². The zero-order valence-electron chi connectivity index (χ0n) is 14.8. The van der Waals surface area contributed by atoms with Crippen LogP contribution in [0, 0.1) is 0 Å². The van der Waals surface area contributed by atoms with Crippen molar-refractivity contribution in [2.45, 2.75) is 37.0 Å². The number of ether oxygens (including phenoxy) is 4. The van der Waals surface area contributed by atoms with E-state index in [0.29, 0.717) is 15.6 Å². The number of hydrogen-bond donors (Lipinski definition) is 2. The Morgan fingerprint density at radius 3 is 1.96 bits per heavy atom. The summed E-state index contributed by atoms with van der Waals surface area (Å²) in [5.74, 6) is 0. The lowest BCUT2D eigenvalue weighted by molar-refractivity contribution is -0.200. The first-order valence-corrected chi connectivity index (χ1v) is 9.68. The predicted octanol–water partition coefficient (Wildman–Crippen LogP) is 3.24. The SMILES string of the molecule is O[C@@H]1[C@H]([C@H]2COC(c3cccc(Cl)c3)O2)OC(c2cccc(Cl)c2)OC[C@@H]1O. The van der Waals surface area contributed by atoms with Crippen molar-refractivity contribution in [1.29, 1.82) is 0 Å². The van der Waals surface area contributed by atoms with E-state index in [1.807, 2.05) is 12.1 Å². The van der Waals surface area contributed by atoms with Crippen LogP contribution < -0.4 is 0 Å². The van der Waals surface area contributed by atoms with Gasteiger partial charge >= 0.3 is 0 Å². The summed E-state index contributed by atoms with van der Waals surface area (Å²) in [4.78, 5) is 0. The van der Waals surface area contributed by atoms with E-state index in [9.17, 15) is 10.2 Å². The van der Waals surface area contributed by atoms with Crippen molar-refractivity contribution in [2.75, 3.05) is 13.2 Å². The van der Waals surface area contributed by atoms with Crippen LogP contribution in [-0.4, -0.2) is 47.8 Å². The Morgan fingerprint density at radius 1 is 0.786 bits per heavy atom. The van der Waals surface area contributed by atoms with E-state index in [4.69, 9.17) is 42.1 Å². The van der Waals surface area contributed by atoms with Gasteiger partial charge in [-0.15, -0.1) is 0 Å². The molecule has 4 rings (SSSR count). The molecule has 6 nitrogen and oxygen atoms in total. The molecule has 150 valence electrons. The van der Waals surface area contributed by atoms with Gasteiger partial charge in [0.2, 0.25) is 0 Å². The van der Waals surface area contributed by atoms with Crippen LogP contribution in [0.1, 0.15) is 23.7 Å². The summed E-state index contributed by atoms with van der Waals surface area (Å²) in [7, 11) is 0. The third-order valence-corrected chi connectivity index (χ3v) is 5.22. The van der Waals surface area contributed by atoms with Crippen LogP contribution in [0.5, 0.6) is 0 Å². The molecule has 2 saturated heterocycles. The molecule has 28 heavy (non-hydrogen) atoms. The highest BCUT2D eigenvalue weighted by Crippen LogP contribution is 2.35. The molecule has 2 aromatic carbocycles.